The predicted octanol–water partition coefficient (Wildman–Crippen LogP) is 1.98. The van der Waals surface area contributed by atoms with E-state index in [1.165, 1.54) is 0 Å². The molecule has 1 aromatic heterocycles. The maximum atomic E-state index is 12.5. The molecule has 22 heavy (non-hydrogen) atoms. The summed E-state index contributed by atoms with van der Waals surface area (Å²) in [6.07, 6.45) is 3.68. The van der Waals surface area contributed by atoms with E-state index in [2.05, 4.69) is 4.90 Å². The zero-order valence-corrected chi connectivity index (χ0v) is 13.9. The summed E-state index contributed by atoms with van der Waals surface area (Å²) in [4.78, 5) is 2.41. The van der Waals surface area contributed by atoms with E-state index in [-0.39, 0.29) is 11.3 Å². The van der Waals surface area contributed by atoms with Crippen molar-refractivity contribution in [1.82, 2.24) is 9.21 Å². The predicted molar refractivity (Wildman–Crippen MR) is 83.9 cm³/mol. The highest BCUT2D eigenvalue weighted by molar-refractivity contribution is 7.90. The first-order valence-electron chi connectivity index (χ1n) is 8.32. The molecule has 3 aliphatic rings. The Labute approximate surface area is 132 Å². The first kappa shape index (κ1) is 14.7. The summed E-state index contributed by atoms with van der Waals surface area (Å²) in [6, 6.07) is 4.28. The Morgan fingerprint density at radius 2 is 2.00 bits per heavy atom. The van der Waals surface area contributed by atoms with Gasteiger partial charge in [0, 0.05) is 25.7 Å². The minimum absolute atomic E-state index is 0.0737. The number of hydrogen-bond acceptors (Lipinski definition) is 4. The molecule has 0 spiro atoms. The number of aryl methyl sites for hydroxylation is 1. The first-order valence-corrected chi connectivity index (χ1v) is 9.82. The summed E-state index contributed by atoms with van der Waals surface area (Å²) in [7, 11) is -3.01. The standard InChI is InChI=1S/C16H24N2O3S/c1-12-2-3-14(21-12)11-17-8-7-16-13(10-17)6-9-18(16)22(19,20)15-4-5-15/h2-3,13,15-16H,4-11H2,1H3/t13-,16-/m0/s1. The van der Waals surface area contributed by atoms with Crippen LogP contribution in [0.25, 0.3) is 0 Å². The molecular formula is C16H24N2O3S. The Hall–Kier alpha value is -0.850. The summed E-state index contributed by atoms with van der Waals surface area (Å²) in [5.41, 5.74) is 0. The second kappa shape index (κ2) is 5.35. The van der Waals surface area contributed by atoms with Crippen LogP contribution in [0.2, 0.25) is 0 Å². The van der Waals surface area contributed by atoms with Crippen molar-refractivity contribution in [2.75, 3.05) is 19.6 Å². The molecule has 0 amide bonds. The van der Waals surface area contributed by atoms with Gasteiger partial charge in [0.25, 0.3) is 0 Å². The monoisotopic (exact) mass is 324 g/mol. The van der Waals surface area contributed by atoms with Crippen LogP contribution in [-0.2, 0) is 16.6 Å². The molecule has 1 aliphatic carbocycles. The lowest BCUT2D eigenvalue weighted by Crippen LogP contribution is -2.47. The number of hydrogen-bond donors (Lipinski definition) is 0. The van der Waals surface area contributed by atoms with Crippen LogP contribution in [-0.4, -0.2) is 48.5 Å². The van der Waals surface area contributed by atoms with Gasteiger partial charge in [0.15, 0.2) is 0 Å². The Morgan fingerprint density at radius 1 is 1.18 bits per heavy atom. The molecule has 3 heterocycles. The molecule has 5 nitrogen and oxygen atoms in total. The van der Waals surface area contributed by atoms with E-state index in [0.717, 1.165) is 63.4 Å². The highest BCUT2D eigenvalue weighted by atomic mass is 32.2. The lowest BCUT2D eigenvalue weighted by Gasteiger charge is -2.37. The molecule has 6 heteroatoms. The van der Waals surface area contributed by atoms with Gasteiger partial charge in [-0.05, 0) is 50.7 Å². The van der Waals surface area contributed by atoms with Crippen molar-refractivity contribution in [2.24, 2.45) is 5.92 Å². The highest BCUT2D eigenvalue weighted by Gasteiger charge is 2.48. The van der Waals surface area contributed by atoms with Gasteiger partial charge in [-0.2, -0.15) is 4.31 Å². The smallest absolute Gasteiger partial charge is 0.217 e. The van der Waals surface area contributed by atoms with Crippen molar-refractivity contribution in [3.8, 4) is 0 Å². The second-order valence-electron chi connectivity index (χ2n) is 7.01. The fraction of sp³-hybridized carbons (Fsp3) is 0.750. The summed E-state index contributed by atoms with van der Waals surface area (Å²) in [5.74, 6) is 2.45. The Kier molecular flexibility index (Phi) is 3.58. The maximum Gasteiger partial charge on any atom is 0.217 e. The third kappa shape index (κ3) is 2.61. The van der Waals surface area contributed by atoms with Gasteiger partial charge in [0.1, 0.15) is 11.5 Å². The molecule has 0 radical (unpaired) electrons. The van der Waals surface area contributed by atoms with Crippen molar-refractivity contribution in [3.05, 3.63) is 23.7 Å². The number of fused-ring (bicyclic) bond motifs is 1. The van der Waals surface area contributed by atoms with Gasteiger partial charge >= 0.3 is 0 Å². The van der Waals surface area contributed by atoms with Crippen LogP contribution in [0.3, 0.4) is 0 Å². The molecule has 3 fully saturated rings. The Balaban J connectivity index is 1.41. The average molecular weight is 324 g/mol. The van der Waals surface area contributed by atoms with Gasteiger partial charge in [-0.1, -0.05) is 0 Å². The van der Waals surface area contributed by atoms with Crippen molar-refractivity contribution in [3.63, 3.8) is 0 Å². The van der Waals surface area contributed by atoms with Crippen LogP contribution in [0.4, 0.5) is 0 Å². The fourth-order valence-corrected chi connectivity index (χ4v) is 6.15. The molecule has 1 saturated carbocycles. The zero-order chi connectivity index (χ0) is 15.3. The number of sulfonamides is 1. The third-order valence-electron chi connectivity index (χ3n) is 5.32. The van der Waals surface area contributed by atoms with Gasteiger partial charge in [0.05, 0.1) is 11.8 Å². The minimum Gasteiger partial charge on any atom is -0.465 e. The maximum absolute atomic E-state index is 12.5. The van der Waals surface area contributed by atoms with Crippen LogP contribution in [0.15, 0.2) is 16.5 Å². The summed E-state index contributed by atoms with van der Waals surface area (Å²) >= 11 is 0. The van der Waals surface area contributed by atoms with Crippen LogP contribution >= 0.6 is 0 Å². The lowest BCUT2D eigenvalue weighted by atomic mass is 9.93. The average Bonchev–Trinajstić information content (AvgIpc) is 3.15. The Bertz CT molecular complexity index is 650. The molecule has 4 rings (SSSR count). The molecule has 2 saturated heterocycles. The van der Waals surface area contributed by atoms with E-state index < -0.39 is 10.0 Å². The molecule has 1 aromatic rings. The molecular weight excluding hydrogens is 300 g/mol. The third-order valence-corrected chi connectivity index (χ3v) is 7.74. The van der Waals surface area contributed by atoms with Gasteiger partial charge in [-0.15, -0.1) is 0 Å². The van der Waals surface area contributed by atoms with E-state index in [9.17, 15) is 8.42 Å². The van der Waals surface area contributed by atoms with E-state index >= 15 is 0 Å². The van der Waals surface area contributed by atoms with Crippen LogP contribution in [0, 0.1) is 12.8 Å². The van der Waals surface area contributed by atoms with E-state index in [1.54, 1.807) is 0 Å². The van der Waals surface area contributed by atoms with Crippen molar-refractivity contribution >= 4 is 10.0 Å². The molecule has 0 N–H and O–H groups in total. The summed E-state index contributed by atoms with van der Waals surface area (Å²) in [5, 5.41) is -0.0737. The normalized spacial score (nSPS) is 30.6. The van der Waals surface area contributed by atoms with E-state index in [0.29, 0.717) is 5.92 Å². The number of likely N-dealkylation sites (tertiary alicyclic amines) is 1. The number of nitrogens with zero attached hydrogens (tertiary/aromatic N) is 2. The molecule has 0 unspecified atom stereocenters. The van der Waals surface area contributed by atoms with Gasteiger partial charge < -0.3 is 4.42 Å². The van der Waals surface area contributed by atoms with Gasteiger partial charge in [-0.25, -0.2) is 8.42 Å². The SMILES string of the molecule is Cc1ccc(CN2CC[C@H]3[C@@H](CCN3S(=O)(=O)C3CC3)C2)o1. The summed E-state index contributed by atoms with van der Waals surface area (Å²) in [6.45, 7) is 5.47. The van der Waals surface area contributed by atoms with Crippen molar-refractivity contribution in [2.45, 2.75) is 50.4 Å². The number of rotatable bonds is 4. The molecule has 2 aliphatic heterocycles. The molecule has 122 valence electrons. The van der Waals surface area contributed by atoms with Crippen molar-refractivity contribution < 1.29 is 12.8 Å². The van der Waals surface area contributed by atoms with Crippen LogP contribution in [0.5, 0.6) is 0 Å². The first-order chi connectivity index (χ1) is 10.5. The largest absolute Gasteiger partial charge is 0.465 e. The van der Waals surface area contributed by atoms with Crippen LogP contribution < -0.4 is 0 Å². The zero-order valence-electron chi connectivity index (χ0n) is 13.1. The highest BCUT2D eigenvalue weighted by Crippen LogP contribution is 2.39. The fourth-order valence-electron chi connectivity index (χ4n) is 4.02. The van der Waals surface area contributed by atoms with E-state index in [1.807, 2.05) is 23.4 Å². The van der Waals surface area contributed by atoms with Gasteiger partial charge in [-0.3, -0.25) is 4.90 Å². The second-order valence-corrected chi connectivity index (χ2v) is 9.17. The lowest BCUT2D eigenvalue weighted by molar-refractivity contribution is 0.128. The molecule has 0 bridgehead atoms. The molecule has 0 aromatic carbocycles. The summed E-state index contributed by atoms with van der Waals surface area (Å²) < 4.78 is 32.5. The Morgan fingerprint density at radius 3 is 2.68 bits per heavy atom. The van der Waals surface area contributed by atoms with Crippen LogP contribution in [0.1, 0.15) is 37.2 Å². The topological polar surface area (TPSA) is 53.8 Å². The van der Waals surface area contributed by atoms with Gasteiger partial charge in [0.2, 0.25) is 10.0 Å². The van der Waals surface area contributed by atoms with E-state index in [4.69, 9.17) is 4.42 Å². The number of furan rings is 1. The molecule has 2 atom stereocenters. The van der Waals surface area contributed by atoms with Crippen molar-refractivity contribution in [1.29, 1.82) is 0 Å². The quantitative estimate of drug-likeness (QED) is 0.850. The minimum atomic E-state index is -3.01. The number of piperidine rings is 1.